The number of rotatable bonds is 6. The molecule has 194 valence electrons. The Morgan fingerprint density at radius 2 is 1.76 bits per heavy atom. The van der Waals surface area contributed by atoms with Crippen molar-refractivity contribution >= 4 is 11.8 Å². The number of carbonyl (C=O) groups is 2. The molecule has 3 heterocycles. The van der Waals surface area contributed by atoms with Gasteiger partial charge in [-0.2, -0.15) is 0 Å². The smallest absolute Gasteiger partial charge is 0.380 e. The molecule has 3 aliphatic heterocycles. The maximum absolute atomic E-state index is 13.3. The molecule has 0 aromatic heterocycles. The Labute approximate surface area is 214 Å². The maximum Gasteiger partial charge on any atom is 0.380 e. The molecule has 6 rings (SSSR count). The van der Waals surface area contributed by atoms with E-state index in [4.69, 9.17) is 28.4 Å². The van der Waals surface area contributed by atoms with E-state index < -0.39 is 17.9 Å². The lowest BCUT2D eigenvalue weighted by molar-refractivity contribution is -0.144. The van der Waals surface area contributed by atoms with Crippen molar-refractivity contribution in [2.45, 2.75) is 36.8 Å². The second kappa shape index (κ2) is 8.99. The molecule has 2 aromatic carbocycles. The summed E-state index contributed by atoms with van der Waals surface area (Å²) in [5, 5.41) is 0. The van der Waals surface area contributed by atoms with Crippen molar-refractivity contribution in [2.75, 3.05) is 41.2 Å². The van der Waals surface area contributed by atoms with E-state index >= 15 is 0 Å². The molecular formula is C28H29NO8. The van der Waals surface area contributed by atoms with E-state index in [0.29, 0.717) is 23.0 Å². The van der Waals surface area contributed by atoms with Crippen LogP contribution in [-0.4, -0.2) is 69.5 Å². The largest absolute Gasteiger partial charge is 0.497 e. The molecular weight excluding hydrogens is 478 g/mol. The topological polar surface area (TPSA) is 92.8 Å². The predicted molar refractivity (Wildman–Crippen MR) is 131 cm³/mol. The van der Waals surface area contributed by atoms with E-state index in [1.54, 1.807) is 13.2 Å². The molecule has 4 aliphatic rings. The number of esters is 1. The lowest BCUT2D eigenvalue weighted by Gasteiger charge is -2.39. The maximum atomic E-state index is 13.3. The number of methoxy groups -OCH3 is 3. The van der Waals surface area contributed by atoms with Gasteiger partial charge in [0.1, 0.15) is 5.76 Å². The van der Waals surface area contributed by atoms with Gasteiger partial charge in [0, 0.05) is 12.1 Å². The highest BCUT2D eigenvalue weighted by Gasteiger charge is 2.58. The van der Waals surface area contributed by atoms with Crippen LogP contribution in [0.1, 0.15) is 40.2 Å². The third-order valence-electron chi connectivity index (χ3n) is 8.03. The number of hydrogen-bond acceptors (Lipinski definition) is 9. The van der Waals surface area contributed by atoms with Gasteiger partial charge in [-0.3, -0.25) is 9.69 Å². The molecule has 0 N–H and O–H groups in total. The molecule has 1 spiro atoms. The fourth-order valence-corrected chi connectivity index (χ4v) is 6.36. The summed E-state index contributed by atoms with van der Waals surface area (Å²) in [7, 11) is 4.55. The normalized spacial score (nSPS) is 25.3. The molecule has 3 atom stereocenters. The number of benzene rings is 2. The number of ether oxygens (including phenoxy) is 6. The minimum Gasteiger partial charge on any atom is -0.497 e. The average Bonchev–Trinajstić information content (AvgIpc) is 3.61. The van der Waals surface area contributed by atoms with Crippen LogP contribution in [0.25, 0.3) is 0 Å². The SMILES string of the molecule is COC1=C[C@]23CCCN2CCc2cc4c(cc2[C@@H]3[C@@H]1OC(=O)C(=O)c1ccc(OC)c(OC)c1)OCO4. The first-order valence-electron chi connectivity index (χ1n) is 12.4. The summed E-state index contributed by atoms with van der Waals surface area (Å²) in [4.78, 5) is 28.9. The summed E-state index contributed by atoms with van der Waals surface area (Å²) in [5.41, 5.74) is 1.95. The predicted octanol–water partition coefficient (Wildman–Crippen LogP) is 3.25. The van der Waals surface area contributed by atoms with Crippen molar-refractivity contribution in [1.82, 2.24) is 4.90 Å². The number of fused-ring (bicyclic) bond motifs is 3. The summed E-state index contributed by atoms with van der Waals surface area (Å²) in [6, 6.07) is 8.63. The Morgan fingerprint density at radius 3 is 2.51 bits per heavy atom. The van der Waals surface area contributed by atoms with Gasteiger partial charge in [0.2, 0.25) is 6.79 Å². The second-order valence-corrected chi connectivity index (χ2v) is 9.69. The summed E-state index contributed by atoms with van der Waals surface area (Å²) in [6.07, 6.45) is 4.10. The van der Waals surface area contributed by atoms with Gasteiger partial charge < -0.3 is 28.4 Å². The number of hydrogen-bond donors (Lipinski definition) is 0. The standard InChI is InChI=1S/C28H29NO8/c1-32-19-6-5-17(12-20(19)33-2)25(30)27(31)37-26-23(34-3)14-28-8-4-9-29(28)10-7-16-11-21-22(36-15-35-21)13-18(16)24(26)28/h5-6,11-14,24,26H,4,7-10,15H2,1-3H3/t24-,26-,28+/m1/s1. The number of ketones is 1. The summed E-state index contributed by atoms with van der Waals surface area (Å²) in [6.45, 7) is 1.98. The van der Waals surface area contributed by atoms with Crippen LogP contribution in [-0.2, 0) is 20.7 Å². The van der Waals surface area contributed by atoms with Crippen LogP contribution in [0.3, 0.4) is 0 Å². The Morgan fingerprint density at radius 1 is 0.973 bits per heavy atom. The van der Waals surface area contributed by atoms with Crippen molar-refractivity contribution in [3.8, 4) is 23.0 Å². The fourth-order valence-electron chi connectivity index (χ4n) is 6.36. The molecule has 0 saturated carbocycles. The van der Waals surface area contributed by atoms with Crippen LogP contribution in [0.4, 0.5) is 0 Å². The second-order valence-electron chi connectivity index (χ2n) is 9.69. The van der Waals surface area contributed by atoms with Crippen molar-refractivity contribution in [2.24, 2.45) is 0 Å². The molecule has 37 heavy (non-hydrogen) atoms. The first-order chi connectivity index (χ1) is 18.0. The van der Waals surface area contributed by atoms with E-state index in [-0.39, 0.29) is 23.8 Å². The van der Waals surface area contributed by atoms with Gasteiger partial charge in [0.25, 0.3) is 5.78 Å². The van der Waals surface area contributed by atoms with Gasteiger partial charge in [-0.1, -0.05) is 0 Å². The minimum absolute atomic E-state index is 0.158. The van der Waals surface area contributed by atoms with Gasteiger partial charge in [-0.25, -0.2) is 4.79 Å². The van der Waals surface area contributed by atoms with Gasteiger partial charge in [-0.15, -0.1) is 0 Å². The number of Topliss-reactive ketones (excluding diaryl/α,β-unsaturated/α-hetero) is 1. The molecule has 0 unspecified atom stereocenters. The number of nitrogens with zero attached hydrogens (tertiary/aromatic N) is 1. The fraction of sp³-hybridized carbons (Fsp3) is 0.429. The Bertz CT molecular complexity index is 1300. The average molecular weight is 508 g/mol. The van der Waals surface area contributed by atoms with E-state index in [2.05, 4.69) is 11.0 Å². The third-order valence-corrected chi connectivity index (χ3v) is 8.03. The van der Waals surface area contributed by atoms with Crippen LogP contribution in [0.2, 0.25) is 0 Å². The monoisotopic (exact) mass is 507 g/mol. The van der Waals surface area contributed by atoms with Crippen LogP contribution < -0.4 is 18.9 Å². The summed E-state index contributed by atoms with van der Waals surface area (Å²) in [5.74, 6) is 0.810. The first kappa shape index (κ1) is 23.7. The third kappa shape index (κ3) is 3.63. The zero-order chi connectivity index (χ0) is 25.7. The highest BCUT2D eigenvalue weighted by Crippen LogP contribution is 2.55. The zero-order valence-electron chi connectivity index (χ0n) is 21.1. The lowest BCUT2D eigenvalue weighted by atomic mass is 9.77. The van der Waals surface area contributed by atoms with Crippen LogP contribution in [0, 0.1) is 0 Å². The molecule has 1 fully saturated rings. The molecule has 0 amide bonds. The van der Waals surface area contributed by atoms with E-state index in [0.717, 1.165) is 49.2 Å². The van der Waals surface area contributed by atoms with Crippen molar-refractivity contribution < 1.29 is 38.0 Å². The first-order valence-corrected chi connectivity index (χ1v) is 12.4. The lowest BCUT2D eigenvalue weighted by Crippen LogP contribution is -2.47. The van der Waals surface area contributed by atoms with Gasteiger partial charge in [0.15, 0.2) is 29.1 Å². The summed E-state index contributed by atoms with van der Waals surface area (Å²) >= 11 is 0. The van der Waals surface area contributed by atoms with Crippen LogP contribution in [0.5, 0.6) is 23.0 Å². The number of carbonyl (C=O) groups excluding carboxylic acids is 2. The van der Waals surface area contributed by atoms with Crippen molar-refractivity contribution in [3.05, 3.63) is 58.9 Å². The molecule has 0 radical (unpaired) electrons. The van der Waals surface area contributed by atoms with E-state index in [1.807, 2.05) is 12.1 Å². The van der Waals surface area contributed by atoms with Crippen molar-refractivity contribution in [1.29, 1.82) is 0 Å². The summed E-state index contributed by atoms with van der Waals surface area (Å²) < 4.78 is 33.7. The van der Waals surface area contributed by atoms with Gasteiger partial charge in [0.05, 0.1) is 32.8 Å². The highest BCUT2D eigenvalue weighted by atomic mass is 16.7. The van der Waals surface area contributed by atoms with Gasteiger partial charge in [-0.05, 0) is 73.3 Å². The van der Waals surface area contributed by atoms with E-state index in [1.165, 1.54) is 26.4 Å². The Kier molecular flexibility index (Phi) is 5.75. The van der Waals surface area contributed by atoms with Crippen molar-refractivity contribution in [3.63, 3.8) is 0 Å². The molecule has 2 aromatic rings. The quantitative estimate of drug-likeness (QED) is 0.332. The molecule has 1 aliphatic carbocycles. The Balaban J connectivity index is 1.37. The van der Waals surface area contributed by atoms with Crippen LogP contribution in [0.15, 0.2) is 42.2 Å². The molecule has 9 heteroatoms. The molecule has 0 bridgehead atoms. The zero-order valence-corrected chi connectivity index (χ0v) is 21.1. The molecule has 1 saturated heterocycles. The molecule has 9 nitrogen and oxygen atoms in total. The van der Waals surface area contributed by atoms with Crippen LogP contribution >= 0.6 is 0 Å². The minimum atomic E-state index is -0.951. The van der Waals surface area contributed by atoms with Gasteiger partial charge >= 0.3 is 5.97 Å². The Hall–Kier alpha value is -3.72. The highest BCUT2D eigenvalue weighted by molar-refractivity contribution is 6.40. The van der Waals surface area contributed by atoms with E-state index in [9.17, 15) is 9.59 Å².